The molecule has 2 aliphatic heterocycles. The van der Waals surface area contributed by atoms with Crippen LogP contribution in [0.3, 0.4) is 0 Å². The molecule has 2 N–H and O–H groups in total. The lowest BCUT2D eigenvalue weighted by Gasteiger charge is -2.43. The first kappa shape index (κ1) is 18.4. The Morgan fingerprint density at radius 3 is 2.77 bits per heavy atom. The number of nitrogens with one attached hydrogen (secondary N) is 2. The van der Waals surface area contributed by atoms with Crippen LogP contribution in [-0.4, -0.2) is 25.2 Å². The molecular formula is C26H30N2O2. The predicted molar refractivity (Wildman–Crippen MR) is 118 cm³/mol. The predicted octanol–water partition coefficient (Wildman–Crippen LogP) is 4.89. The van der Waals surface area contributed by atoms with Gasteiger partial charge in [0.05, 0.1) is 12.1 Å². The van der Waals surface area contributed by atoms with Crippen LogP contribution in [0.5, 0.6) is 0 Å². The van der Waals surface area contributed by atoms with Crippen molar-refractivity contribution in [3.63, 3.8) is 0 Å². The number of anilines is 1. The van der Waals surface area contributed by atoms with E-state index >= 15 is 0 Å². The van der Waals surface area contributed by atoms with Gasteiger partial charge < -0.3 is 15.4 Å². The molecule has 4 nitrogen and oxygen atoms in total. The summed E-state index contributed by atoms with van der Waals surface area (Å²) in [5.74, 6) is 2.78. The van der Waals surface area contributed by atoms with Crippen LogP contribution >= 0.6 is 0 Å². The van der Waals surface area contributed by atoms with E-state index in [1.54, 1.807) is 0 Å². The molecule has 1 saturated heterocycles. The molecule has 2 bridgehead atoms. The Hall–Kier alpha value is -2.33. The molecule has 4 heteroatoms. The molecular weight excluding hydrogens is 372 g/mol. The summed E-state index contributed by atoms with van der Waals surface area (Å²) in [6.45, 7) is 1.43. The first-order valence-electron chi connectivity index (χ1n) is 11.6. The first-order chi connectivity index (χ1) is 14.8. The van der Waals surface area contributed by atoms with E-state index in [1.807, 2.05) is 6.07 Å². The average molecular weight is 403 g/mol. The van der Waals surface area contributed by atoms with Gasteiger partial charge in [-0.25, -0.2) is 0 Å². The zero-order valence-electron chi connectivity index (χ0n) is 17.3. The van der Waals surface area contributed by atoms with Gasteiger partial charge in [-0.1, -0.05) is 30.3 Å². The van der Waals surface area contributed by atoms with Gasteiger partial charge in [0.25, 0.3) is 5.91 Å². The number of amides is 1. The fraction of sp³-hybridized carbons (Fsp3) is 0.500. The third-order valence-corrected chi connectivity index (χ3v) is 8.02. The van der Waals surface area contributed by atoms with E-state index < -0.39 is 0 Å². The molecule has 1 amide bonds. The van der Waals surface area contributed by atoms with E-state index in [1.165, 1.54) is 36.1 Å². The number of carbonyl (C=O) groups excluding carboxylic acids is 1. The molecule has 0 unspecified atom stereocenters. The van der Waals surface area contributed by atoms with Gasteiger partial charge in [-0.3, -0.25) is 4.79 Å². The van der Waals surface area contributed by atoms with Crippen molar-refractivity contribution in [3.8, 4) is 0 Å². The SMILES string of the molecule is O=C(NC[C@@H]1CCCO1)c1ccc2c(c1)[C@@H]1[C@H]3CC[C@@H](C3)[C@H]1[C@@H](c1ccccc1)N2. The third kappa shape index (κ3) is 3.04. The van der Waals surface area contributed by atoms with E-state index in [2.05, 4.69) is 53.1 Å². The van der Waals surface area contributed by atoms with E-state index in [0.29, 0.717) is 24.4 Å². The maximum Gasteiger partial charge on any atom is 0.251 e. The highest BCUT2D eigenvalue weighted by Gasteiger charge is 2.53. The van der Waals surface area contributed by atoms with Gasteiger partial charge in [0.15, 0.2) is 0 Å². The van der Waals surface area contributed by atoms with Crippen LogP contribution in [0.15, 0.2) is 48.5 Å². The third-order valence-electron chi connectivity index (χ3n) is 8.02. The lowest BCUT2D eigenvalue weighted by molar-refractivity contribution is 0.0857. The van der Waals surface area contributed by atoms with Crippen molar-refractivity contribution in [2.45, 2.75) is 50.2 Å². The van der Waals surface area contributed by atoms with Crippen LogP contribution in [-0.2, 0) is 4.74 Å². The smallest absolute Gasteiger partial charge is 0.251 e. The Labute approximate surface area is 178 Å². The Balaban J connectivity index is 1.29. The second-order valence-electron chi connectivity index (χ2n) is 9.62. The van der Waals surface area contributed by atoms with Crippen LogP contribution in [0.2, 0.25) is 0 Å². The van der Waals surface area contributed by atoms with Gasteiger partial charge in [-0.2, -0.15) is 0 Å². The number of rotatable bonds is 4. The summed E-state index contributed by atoms with van der Waals surface area (Å²) in [6.07, 6.45) is 6.35. The lowest BCUT2D eigenvalue weighted by Crippen LogP contribution is -2.36. The molecule has 30 heavy (non-hydrogen) atoms. The number of ether oxygens (including phenoxy) is 1. The standard InChI is InChI=1S/C26H30N2O2/c29-26(27-15-20-7-4-12-30-20)19-10-11-22-21(14-19)23-17-8-9-18(13-17)24(23)25(28-22)16-5-2-1-3-6-16/h1-3,5-6,10-11,14,17-18,20,23-25,28H,4,7-9,12-13,15H2,(H,27,29)/t17-,18-,20-,23-,24+,25+/m0/s1. The summed E-state index contributed by atoms with van der Waals surface area (Å²) < 4.78 is 5.65. The number of hydrogen-bond acceptors (Lipinski definition) is 3. The zero-order valence-corrected chi connectivity index (χ0v) is 17.3. The Morgan fingerprint density at radius 2 is 1.93 bits per heavy atom. The van der Waals surface area contributed by atoms with Crippen molar-refractivity contribution in [1.82, 2.24) is 5.32 Å². The van der Waals surface area contributed by atoms with Crippen LogP contribution < -0.4 is 10.6 Å². The molecule has 6 rings (SSSR count). The fourth-order valence-electron chi connectivity index (χ4n) is 6.73. The highest BCUT2D eigenvalue weighted by molar-refractivity contribution is 5.95. The van der Waals surface area contributed by atoms with Crippen molar-refractivity contribution in [2.75, 3.05) is 18.5 Å². The second kappa shape index (κ2) is 7.42. The van der Waals surface area contributed by atoms with Crippen LogP contribution in [0.4, 0.5) is 5.69 Å². The van der Waals surface area contributed by atoms with E-state index in [-0.39, 0.29) is 12.0 Å². The minimum absolute atomic E-state index is 0.0261. The largest absolute Gasteiger partial charge is 0.378 e. The summed E-state index contributed by atoms with van der Waals surface area (Å²) in [7, 11) is 0. The monoisotopic (exact) mass is 402 g/mol. The molecule has 0 spiro atoms. The summed E-state index contributed by atoms with van der Waals surface area (Å²) >= 11 is 0. The Morgan fingerprint density at radius 1 is 1.07 bits per heavy atom. The van der Waals surface area contributed by atoms with Crippen LogP contribution in [0.25, 0.3) is 0 Å². The molecule has 0 aromatic heterocycles. The van der Waals surface area contributed by atoms with Crippen molar-refractivity contribution >= 4 is 11.6 Å². The maximum absolute atomic E-state index is 12.8. The van der Waals surface area contributed by atoms with Crippen molar-refractivity contribution in [3.05, 3.63) is 65.2 Å². The molecule has 3 fully saturated rings. The highest BCUT2D eigenvalue weighted by atomic mass is 16.5. The van der Waals surface area contributed by atoms with Gasteiger partial charge in [-0.15, -0.1) is 0 Å². The summed E-state index contributed by atoms with van der Waals surface area (Å²) in [6, 6.07) is 17.6. The normalized spacial score (nSPS) is 33.6. The molecule has 2 aromatic carbocycles. The van der Waals surface area contributed by atoms with E-state index in [4.69, 9.17) is 4.74 Å². The zero-order chi connectivity index (χ0) is 20.1. The van der Waals surface area contributed by atoms with Crippen molar-refractivity contribution in [2.24, 2.45) is 17.8 Å². The van der Waals surface area contributed by atoms with Gasteiger partial charge in [0.2, 0.25) is 0 Å². The highest BCUT2D eigenvalue weighted by Crippen LogP contribution is 2.63. The van der Waals surface area contributed by atoms with Gasteiger partial charge >= 0.3 is 0 Å². The van der Waals surface area contributed by atoms with E-state index in [9.17, 15) is 4.79 Å². The van der Waals surface area contributed by atoms with Crippen LogP contribution in [0, 0.1) is 17.8 Å². The van der Waals surface area contributed by atoms with Gasteiger partial charge in [-0.05, 0) is 85.1 Å². The quantitative estimate of drug-likeness (QED) is 0.765. The Bertz CT molecular complexity index is 937. The van der Waals surface area contributed by atoms with Crippen molar-refractivity contribution < 1.29 is 9.53 Å². The molecule has 4 aliphatic rings. The molecule has 2 aromatic rings. The molecule has 2 heterocycles. The summed E-state index contributed by atoms with van der Waals surface area (Å²) in [4.78, 5) is 12.8. The van der Waals surface area contributed by atoms with Gasteiger partial charge in [0.1, 0.15) is 0 Å². The number of fused-ring (bicyclic) bond motifs is 7. The van der Waals surface area contributed by atoms with Crippen LogP contribution in [0.1, 0.15) is 65.5 Å². The average Bonchev–Trinajstić information content (AvgIpc) is 3.55. The molecule has 2 saturated carbocycles. The topological polar surface area (TPSA) is 50.4 Å². The molecule has 0 radical (unpaired) electrons. The minimum Gasteiger partial charge on any atom is -0.378 e. The maximum atomic E-state index is 12.8. The lowest BCUT2D eigenvalue weighted by atomic mass is 9.68. The minimum atomic E-state index is 0.0261. The summed E-state index contributed by atoms with van der Waals surface area (Å²) in [5, 5.41) is 6.95. The number of benzene rings is 2. The second-order valence-corrected chi connectivity index (χ2v) is 9.62. The molecule has 6 atom stereocenters. The van der Waals surface area contributed by atoms with E-state index in [0.717, 1.165) is 36.8 Å². The van der Waals surface area contributed by atoms with Crippen molar-refractivity contribution in [1.29, 1.82) is 0 Å². The molecule has 2 aliphatic carbocycles. The molecule has 156 valence electrons. The number of hydrogen-bond donors (Lipinski definition) is 2. The Kier molecular flexibility index (Phi) is 4.56. The number of carbonyl (C=O) groups is 1. The summed E-state index contributed by atoms with van der Waals surface area (Å²) in [5.41, 5.74) is 4.76. The first-order valence-corrected chi connectivity index (χ1v) is 11.6. The fourth-order valence-corrected chi connectivity index (χ4v) is 6.73. The van der Waals surface area contributed by atoms with Gasteiger partial charge in [0, 0.05) is 24.4 Å².